The lowest BCUT2D eigenvalue weighted by Crippen LogP contribution is -2.07. The molecule has 0 saturated carbocycles. The van der Waals surface area contributed by atoms with E-state index in [1.54, 1.807) is 18.2 Å². The van der Waals surface area contributed by atoms with Crippen LogP contribution in [0.4, 0.5) is 10.2 Å². The number of nitrogens with one attached hydrogen (secondary N) is 1. The Morgan fingerprint density at radius 1 is 1.20 bits per heavy atom. The van der Waals surface area contributed by atoms with Crippen molar-refractivity contribution in [3.63, 3.8) is 0 Å². The minimum atomic E-state index is -0.193. The SMILES string of the molecule is Fc1cccc(CCCNc2ccc3nnnn3n2)c1. The summed E-state index contributed by atoms with van der Waals surface area (Å²) in [7, 11) is 0. The minimum absolute atomic E-state index is 0.193. The summed E-state index contributed by atoms with van der Waals surface area (Å²) in [5.41, 5.74) is 1.60. The second-order valence-electron chi connectivity index (χ2n) is 4.41. The maximum absolute atomic E-state index is 13.0. The van der Waals surface area contributed by atoms with E-state index in [2.05, 4.69) is 25.9 Å². The molecular weight excluding hydrogens is 259 g/mol. The lowest BCUT2D eigenvalue weighted by atomic mass is 10.1. The van der Waals surface area contributed by atoms with E-state index in [0.717, 1.165) is 24.9 Å². The Labute approximate surface area is 114 Å². The van der Waals surface area contributed by atoms with Crippen LogP contribution in [0.25, 0.3) is 5.65 Å². The first kappa shape index (κ1) is 12.5. The van der Waals surface area contributed by atoms with Gasteiger partial charge in [0.1, 0.15) is 11.6 Å². The first-order valence-corrected chi connectivity index (χ1v) is 6.35. The zero-order chi connectivity index (χ0) is 13.8. The van der Waals surface area contributed by atoms with E-state index < -0.39 is 0 Å². The van der Waals surface area contributed by atoms with Crippen LogP contribution in [0.15, 0.2) is 36.4 Å². The molecule has 6 nitrogen and oxygen atoms in total. The van der Waals surface area contributed by atoms with Crippen molar-refractivity contribution in [2.24, 2.45) is 0 Å². The number of anilines is 1. The summed E-state index contributed by atoms with van der Waals surface area (Å²) >= 11 is 0. The number of tetrazole rings is 1. The fourth-order valence-electron chi connectivity index (χ4n) is 1.95. The normalized spacial score (nSPS) is 10.8. The lowest BCUT2D eigenvalue weighted by Gasteiger charge is -2.05. The highest BCUT2D eigenvalue weighted by molar-refractivity contribution is 5.41. The molecule has 0 aliphatic carbocycles. The largest absolute Gasteiger partial charge is 0.369 e. The van der Waals surface area contributed by atoms with Crippen molar-refractivity contribution in [3.8, 4) is 0 Å². The van der Waals surface area contributed by atoms with Gasteiger partial charge in [0.05, 0.1) is 0 Å². The monoisotopic (exact) mass is 272 g/mol. The number of hydrogen-bond acceptors (Lipinski definition) is 5. The average Bonchev–Trinajstić information content (AvgIpc) is 2.91. The molecule has 3 rings (SSSR count). The van der Waals surface area contributed by atoms with Crippen LogP contribution in [0.2, 0.25) is 0 Å². The molecule has 7 heteroatoms. The van der Waals surface area contributed by atoms with Gasteiger partial charge in [-0.15, -0.1) is 14.8 Å². The fraction of sp³-hybridized carbons (Fsp3) is 0.231. The Hall–Kier alpha value is -2.57. The van der Waals surface area contributed by atoms with Gasteiger partial charge >= 0.3 is 0 Å². The van der Waals surface area contributed by atoms with Crippen LogP contribution in [0.1, 0.15) is 12.0 Å². The van der Waals surface area contributed by atoms with Gasteiger partial charge < -0.3 is 5.32 Å². The van der Waals surface area contributed by atoms with Crippen LogP contribution >= 0.6 is 0 Å². The number of fused-ring (bicyclic) bond motifs is 1. The molecule has 2 heterocycles. The van der Waals surface area contributed by atoms with Crippen LogP contribution in [-0.4, -0.2) is 31.8 Å². The number of halogens is 1. The molecular formula is C13H13FN6. The summed E-state index contributed by atoms with van der Waals surface area (Å²) in [5, 5.41) is 18.4. The van der Waals surface area contributed by atoms with Crippen molar-refractivity contribution < 1.29 is 4.39 Å². The molecule has 0 aliphatic heterocycles. The van der Waals surface area contributed by atoms with Gasteiger partial charge in [-0.05, 0) is 53.1 Å². The highest BCUT2D eigenvalue weighted by Gasteiger charge is 2.00. The van der Waals surface area contributed by atoms with Crippen LogP contribution < -0.4 is 5.32 Å². The number of aryl methyl sites for hydroxylation is 1. The van der Waals surface area contributed by atoms with Crippen LogP contribution in [0.3, 0.4) is 0 Å². The van der Waals surface area contributed by atoms with E-state index >= 15 is 0 Å². The molecule has 3 aromatic rings. The highest BCUT2D eigenvalue weighted by atomic mass is 19.1. The molecule has 0 spiro atoms. The molecule has 0 bridgehead atoms. The predicted octanol–water partition coefficient (Wildman–Crippen LogP) is 1.70. The van der Waals surface area contributed by atoms with Gasteiger partial charge in [0.15, 0.2) is 5.65 Å². The van der Waals surface area contributed by atoms with E-state index in [9.17, 15) is 4.39 Å². The van der Waals surface area contributed by atoms with E-state index in [0.29, 0.717) is 11.5 Å². The average molecular weight is 272 g/mol. The Morgan fingerprint density at radius 2 is 2.15 bits per heavy atom. The van der Waals surface area contributed by atoms with Crippen molar-refractivity contribution in [2.75, 3.05) is 11.9 Å². The number of aromatic nitrogens is 5. The molecule has 20 heavy (non-hydrogen) atoms. The highest BCUT2D eigenvalue weighted by Crippen LogP contribution is 2.07. The Balaban J connectivity index is 1.52. The molecule has 1 N–H and O–H groups in total. The third-order valence-corrected chi connectivity index (χ3v) is 2.91. The van der Waals surface area contributed by atoms with Gasteiger partial charge in [0.2, 0.25) is 0 Å². The quantitative estimate of drug-likeness (QED) is 0.716. The van der Waals surface area contributed by atoms with Crippen molar-refractivity contribution in [3.05, 3.63) is 47.8 Å². The molecule has 0 atom stereocenters. The van der Waals surface area contributed by atoms with E-state index in [1.807, 2.05) is 12.1 Å². The minimum Gasteiger partial charge on any atom is -0.369 e. The predicted molar refractivity (Wildman–Crippen MR) is 71.8 cm³/mol. The van der Waals surface area contributed by atoms with E-state index in [1.165, 1.54) is 10.7 Å². The van der Waals surface area contributed by atoms with Gasteiger partial charge in [-0.2, -0.15) is 0 Å². The number of rotatable bonds is 5. The summed E-state index contributed by atoms with van der Waals surface area (Å²) in [6.07, 6.45) is 1.71. The van der Waals surface area contributed by atoms with Crippen LogP contribution in [0.5, 0.6) is 0 Å². The molecule has 0 saturated heterocycles. The lowest BCUT2D eigenvalue weighted by molar-refractivity contribution is 0.624. The standard InChI is InChI=1S/C13H13FN6/c14-11-5-1-3-10(9-11)4-2-8-15-12-6-7-13-16-18-19-20(13)17-12/h1,3,5-7,9H,2,4,8H2,(H,15,17). The molecule has 2 aromatic heterocycles. The summed E-state index contributed by atoms with van der Waals surface area (Å²) in [6.45, 7) is 0.747. The summed E-state index contributed by atoms with van der Waals surface area (Å²) in [5.74, 6) is 0.519. The van der Waals surface area contributed by atoms with Gasteiger partial charge in [0.25, 0.3) is 0 Å². The second-order valence-corrected chi connectivity index (χ2v) is 4.41. The first-order chi connectivity index (χ1) is 9.81. The molecule has 0 radical (unpaired) electrons. The number of benzene rings is 1. The third kappa shape index (κ3) is 2.87. The van der Waals surface area contributed by atoms with Gasteiger partial charge in [0, 0.05) is 6.54 Å². The molecule has 1 aromatic carbocycles. The topological polar surface area (TPSA) is 68.0 Å². The van der Waals surface area contributed by atoms with Crippen molar-refractivity contribution in [1.29, 1.82) is 0 Å². The van der Waals surface area contributed by atoms with Crippen LogP contribution in [0, 0.1) is 5.82 Å². The first-order valence-electron chi connectivity index (χ1n) is 6.35. The zero-order valence-corrected chi connectivity index (χ0v) is 10.7. The Bertz CT molecular complexity index is 711. The summed E-state index contributed by atoms with van der Waals surface area (Å²) in [4.78, 5) is 0. The fourth-order valence-corrected chi connectivity index (χ4v) is 1.95. The number of hydrogen-bond donors (Lipinski definition) is 1. The Kier molecular flexibility index (Phi) is 3.49. The summed E-state index contributed by atoms with van der Waals surface area (Å²) < 4.78 is 14.4. The molecule has 102 valence electrons. The van der Waals surface area contributed by atoms with Crippen LogP contribution in [-0.2, 0) is 6.42 Å². The smallest absolute Gasteiger partial charge is 0.200 e. The van der Waals surface area contributed by atoms with Gasteiger partial charge in [-0.3, -0.25) is 0 Å². The molecule has 0 fully saturated rings. The zero-order valence-electron chi connectivity index (χ0n) is 10.7. The summed E-state index contributed by atoms with van der Waals surface area (Å²) in [6, 6.07) is 10.3. The second kappa shape index (κ2) is 5.60. The van der Waals surface area contributed by atoms with Gasteiger partial charge in [-0.25, -0.2) is 4.39 Å². The molecule has 0 aliphatic rings. The van der Waals surface area contributed by atoms with Crippen molar-refractivity contribution >= 4 is 11.5 Å². The third-order valence-electron chi connectivity index (χ3n) is 2.91. The molecule has 0 unspecified atom stereocenters. The Morgan fingerprint density at radius 3 is 3.05 bits per heavy atom. The van der Waals surface area contributed by atoms with Crippen molar-refractivity contribution in [1.82, 2.24) is 25.3 Å². The number of nitrogens with zero attached hydrogens (tertiary/aromatic N) is 5. The molecule has 0 amide bonds. The van der Waals surface area contributed by atoms with Crippen molar-refractivity contribution in [2.45, 2.75) is 12.8 Å². The maximum Gasteiger partial charge on any atom is 0.200 e. The van der Waals surface area contributed by atoms with E-state index in [-0.39, 0.29) is 5.82 Å². The van der Waals surface area contributed by atoms with E-state index in [4.69, 9.17) is 0 Å². The maximum atomic E-state index is 13.0. The van der Waals surface area contributed by atoms with Gasteiger partial charge in [-0.1, -0.05) is 12.1 Å².